The van der Waals surface area contributed by atoms with Crippen LogP contribution in [0, 0.1) is 6.92 Å². The van der Waals surface area contributed by atoms with E-state index in [2.05, 4.69) is 4.98 Å². The zero-order chi connectivity index (χ0) is 14.3. The van der Waals surface area contributed by atoms with Crippen molar-refractivity contribution in [3.05, 3.63) is 59.7 Å². The molecule has 0 aliphatic rings. The number of hydrogen-bond acceptors (Lipinski definition) is 0. The van der Waals surface area contributed by atoms with E-state index in [4.69, 9.17) is 0 Å². The average Bonchev–Trinajstić information content (AvgIpc) is 2.81. The molecule has 0 fully saturated rings. The van der Waals surface area contributed by atoms with Gasteiger partial charge in [0, 0.05) is 16.6 Å². The highest BCUT2D eigenvalue weighted by Gasteiger charge is 2.30. The molecule has 102 valence electrons. The molecule has 0 bridgehead atoms. The van der Waals surface area contributed by atoms with Crippen molar-refractivity contribution in [3.63, 3.8) is 0 Å². The fourth-order valence-corrected chi connectivity index (χ4v) is 2.19. The summed E-state index contributed by atoms with van der Waals surface area (Å²) in [5.41, 5.74) is 2.78. The molecule has 0 amide bonds. The van der Waals surface area contributed by atoms with Crippen molar-refractivity contribution >= 4 is 10.9 Å². The molecule has 3 aromatic rings. The Morgan fingerprint density at radius 1 is 0.900 bits per heavy atom. The van der Waals surface area contributed by atoms with Gasteiger partial charge in [-0.25, -0.2) is 0 Å². The Balaban J connectivity index is 2.09. The molecule has 0 unspecified atom stereocenters. The van der Waals surface area contributed by atoms with Crippen molar-refractivity contribution in [2.75, 3.05) is 0 Å². The molecule has 1 nitrogen and oxygen atoms in total. The van der Waals surface area contributed by atoms with E-state index in [1.165, 1.54) is 6.07 Å². The Labute approximate surface area is 114 Å². The number of nitrogens with one attached hydrogen (secondary N) is 1. The van der Waals surface area contributed by atoms with Gasteiger partial charge in [-0.05, 0) is 30.7 Å². The number of hydrogen-bond donors (Lipinski definition) is 1. The summed E-state index contributed by atoms with van der Waals surface area (Å²) < 4.78 is 38.0. The Morgan fingerprint density at radius 3 is 2.25 bits per heavy atom. The quantitative estimate of drug-likeness (QED) is 0.631. The number of aromatic nitrogens is 1. The molecule has 3 rings (SSSR count). The monoisotopic (exact) mass is 275 g/mol. The number of benzene rings is 2. The molecule has 0 atom stereocenters. The molecule has 0 aliphatic carbocycles. The minimum atomic E-state index is -4.32. The van der Waals surface area contributed by atoms with Crippen LogP contribution in [0.15, 0.2) is 48.5 Å². The van der Waals surface area contributed by atoms with Gasteiger partial charge in [-0.3, -0.25) is 0 Å². The summed E-state index contributed by atoms with van der Waals surface area (Å²) in [6.45, 7) is 1.99. The molecule has 1 aromatic heterocycles. The zero-order valence-electron chi connectivity index (χ0n) is 10.8. The van der Waals surface area contributed by atoms with Crippen LogP contribution in [0.1, 0.15) is 11.1 Å². The van der Waals surface area contributed by atoms with E-state index in [0.717, 1.165) is 34.3 Å². The Morgan fingerprint density at radius 2 is 1.60 bits per heavy atom. The fourth-order valence-electron chi connectivity index (χ4n) is 2.19. The maximum Gasteiger partial charge on any atom is 0.416 e. The van der Waals surface area contributed by atoms with Crippen molar-refractivity contribution in [2.45, 2.75) is 13.1 Å². The summed E-state index contributed by atoms with van der Waals surface area (Å²) in [5, 5.41) is 0.772. The van der Waals surface area contributed by atoms with Gasteiger partial charge >= 0.3 is 6.18 Å². The molecule has 0 aliphatic heterocycles. The van der Waals surface area contributed by atoms with E-state index in [1.54, 1.807) is 0 Å². The van der Waals surface area contributed by atoms with Crippen molar-refractivity contribution in [3.8, 4) is 11.3 Å². The minimum Gasteiger partial charge on any atom is -0.355 e. The first-order valence-corrected chi connectivity index (χ1v) is 6.20. The molecular formula is C16H12F3N. The Bertz CT molecular complexity index is 751. The third-order valence-corrected chi connectivity index (χ3v) is 3.31. The number of alkyl halides is 3. The predicted octanol–water partition coefficient (Wildman–Crippen LogP) is 5.16. The number of rotatable bonds is 1. The van der Waals surface area contributed by atoms with Crippen LogP contribution in [0.3, 0.4) is 0 Å². The van der Waals surface area contributed by atoms with Gasteiger partial charge in [-0.1, -0.05) is 35.9 Å². The van der Waals surface area contributed by atoms with Crippen LogP contribution >= 0.6 is 0 Å². The van der Waals surface area contributed by atoms with Crippen molar-refractivity contribution in [1.82, 2.24) is 4.98 Å². The number of H-pyrrole nitrogens is 1. The van der Waals surface area contributed by atoms with Crippen LogP contribution < -0.4 is 0 Å². The van der Waals surface area contributed by atoms with E-state index in [-0.39, 0.29) is 0 Å². The van der Waals surface area contributed by atoms with Gasteiger partial charge in [0.15, 0.2) is 0 Å². The van der Waals surface area contributed by atoms with Crippen molar-refractivity contribution < 1.29 is 13.2 Å². The lowest BCUT2D eigenvalue weighted by Crippen LogP contribution is -2.03. The molecule has 0 saturated heterocycles. The third kappa shape index (κ3) is 2.29. The summed E-state index contributed by atoms with van der Waals surface area (Å²) in [6, 6.07) is 13.5. The standard InChI is InChI=1S/C16H12F3N/c1-10-2-4-11(5-3-10)14-8-12-6-7-13(16(17,18)19)9-15(12)20-14/h2-9,20H,1H3. The molecule has 0 radical (unpaired) electrons. The van der Waals surface area contributed by atoms with Crippen LogP contribution in [0.25, 0.3) is 22.2 Å². The third-order valence-electron chi connectivity index (χ3n) is 3.31. The fraction of sp³-hybridized carbons (Fsp3) is 0.125. The first-order valence-electron chi connectivity index (χ1n) is 6.20. The highest BCUT2D eigenvalue weighted by molar-refractivity contribution is 5.86. The van der Waals surface area contributed by atoms with E-state index < -0.39 is 11.7 Å². The average molecular weight is 275 g/mol. The Hall–Kier alpha value is -2.23. The maximum absolute atomic E-state index is 12.7. The molecule has 0 spiro atoms. The maximum atomic E-state index is 12.7. The first kappa shape index (κ1) is 12.8. The number of aryl methyl sites for hydroxylation is 1. The number of aromatic amines is 1. The van der Waals surface area contributed by atoms with Crippen molar-refractivity contribution in [1.29, 1.82) is 0 Å². The predicted molar refractivity (Wildman–Crippen MR) is 73.5 cm³/mol. The number of halogens is 3. The van der Waals surface area contributed by atoms with Gasteiger partial charge in [0.25, 0.3) is 0 Å². The lowest BCUT2D eigenvalue weighted by molar-refractivity contribution is -0.137. The van der Waals surface area contributed by atoms with Gasteiger partial charge in [-0.15, -0.1) is 0 Å². The SMILES string of the molecule is Cc1ccc(-c2cc3ccc(C(F)(F)F)cc3[nH]2)cc1. The minimum absolute atomic E-state index is 0.496. The van der Waals surface area contributed by atoms with E-state index in [9.17, 15) is 13.2 Å². The second kappa shape index (κ2) is 4.40. The lowest BCUT2D eigenvalue weighted by atomic mass is 10.1. The molecule has 20 heavy (non-hydrogen) atoms. The largest absolute Gasteiger partial charge is 0.416 e. The van der Waals surface area contributed by atoms with Crippen LogP contribution in [-0.2, 0) is 6.18 Å². The van der Waals surface area contributed by atoms with Gasteiger partial charge in [0.2, 0.25) is 0 Å². The van der Waals surface area contributed by atoms with Crippen LogP contribution in [0.2, 0.25) is 0 Å². The highest BCUT2D eigenvalue weighted by Crippen LogP contribution is 2.32. The summed E-state index contributed by atoms with van der Waals surface area (Å²) in [6.07, 6.45) is -4.32. The summed E-state index contributed by atoms with van der Waals surface area (Å²) in [4.78, 5) is 3.04. The molecule has 0 saturated carbocycles. The number of fused-ring (bicyclic) bond motifs is 1. The molecule has 1 heterocycles. The van der Waals surface area contributed by atoms with Crippen LogP contribution in [0.5, 0.6) is 0 Å². The zero-order valence-corrected chi connectivity index (χ0v) is 10.8. The Kier molecular flexibility index (Phi) is 2.82. The topological polar surface area (TPSA) is 15.8 Å². The van der Waals surface area contributed by atoms with Gasteiger partial charge in [-0.2, -0.15) is 13.2 Å². The van der Waals surface area contributed by atoms with Gasteiger partial charge < -0.3 is 4.98 Å². The van der Waals surface area contributed by atoms with Crippen LogP contribution in [-0.4, -0.2) is 4.98 Å². The van der Waals surface area contributed by atoms with Gasteiger partial charge in [0.1, 0.15) is 0 Å². The molecule has 2 aromatic carbocycles. The normalized spacial score (nSPS) is 12.0. The lowest BCUT2D eigenvalue weighted by Gasteiger charge is -2.05. The molecular weight excluding hydrogens is 263 g/mol. The highest BCUT2D eigenvalue weighted by atomic mass is 19.4. The summed E-state index contributed by atoms with van der Waals surface area (Å²) in [5.74, 6) is 0. The summed E-state index contributed by atoms with van der Waals surface area (Å²) >= 11 is 0. The first-order chi connectivity index (χ1) is 9.43. The molecule has 1 N–H and O–H groups in total. The van der Waals surface area contributed by atoms with Crippen molar-refractivity contribution in [2.24, 2.45) is 0 Å². The second-order valence-electron chi connectivity index (χ2n) is 4.85. The van der Waals surface area contributed by atoms with E-state index >= 15 is 0 Å². The van der Waals surface area contributed by atoms with Gasteiger partial charge in [0.05, 0.1) is 5.56 Å². The van der Waals surface area contributed by atoms with E-state index in [1.807, 2.05) is 37.3 Å². The second-order valence-corrected chi connectivity index (χ2v) is 4.85. The van der Waals surface area contributed by atoms with Crippen LogP contribution in [0.4, 0.5) is 13.2 Å². The molecule has 4 heteroatoms. The van der Waals surface area contributed by atoms with E-state index in [0.29, 0.717) is 5.52 Å². The summed E-state index contributed by atoms with van der Waals surface area (Å²) in [7, 11) is 0. The smallest absolute Gasteiger partial charge is 0.355 e.